The molecule has 23 heavy (non-hydrogen) atoms. The predicted molar refractivity (Wildman–Crippen MR) is 95.5 cm³/mol. The molecular weight excluding hydrogens is 308 g/mol. The van der Waals surface area contributed by atoms with Gasteiger partial charge in [-0.05, 0) is 69.1 Å². The summed E-state index contributed by atoms with van der Waals surface area (Å²) >= 11 is 0. The van der Waals surface area contributed by atoms with Crippen LogP contribution in [0.5, 0.6) is 0 Å². The molecule has 3 saturated carbocycles. The number of likely N-dealkylation sites (tertiary alicyclic amines) is 1. The molecule has 1 aliphatic heterocycles. The highest BCUT2D eigenvalue weighted by Crippen LogP contribution is 2.44. The number of halogens is 1. The van der Waals surface area contributed by atoms with E-state index >= 15 is 0 Å². The zero-order valence-electron chi connectivity index (χ0n) is 14.3. The molecule has 132 valence electrons. The van der Waals surface area contributed by atoms with Gasteiger partial charge in [-0.25, -0.2) is 0 Å². The Bertz CT molecular complexity index is 410. The largest absolute Gasteiger partial charge is 0.339 e. The summed E-state index contributed by atoms with van der Waals surface area (Å²) in [5, 5.41) is 0. The normalized spacial score (nSPS) is 40.9. The molecule has 4 fully saturated rings. The molecule has 3 aliphatic carbocycles. The molecule has 3 unspecified atom stereocenters. The first-order valence-electron chi connectivity index (χ1n) is 9.80. The number of rotatable bonds is 2. The number of carbonyl (C=O) groups is 1. The van der Waals surface area contributed by atoms with Crippen molar-refractivity contribution in [3.8, 4) is 0 Å². The van der Waals surface area contributed by atoms with Gasteiger partial charge < -0.3 is 10.6 Å². The molecule has 4 aliphatic rings. The summed E-state index contributed by atoms with van der Waals surface area (Å²) in [7, 11) is 0. The van der Waals surface area contributed by atoms with Gasteiger partial charge in [0.15, 0.2) is 0 Å². The lowest BCUT2D eigenvalue weighted by atomic mass is 9.65. The fraction of sp³-hybridized carbons (Fsp3) is 0.947. The molecule has 2 bridgehead atoms. The molecule has 4 rings (SSSR count). The van der Waals surface area contributed by atoms with Crippen LogP contribution in [0.15, 0.2) is 0 Å². The van der Waals surface area contributed by atoms with Gasteiger partial charge in [0.1, 0.15) is 0 Å². The van der Waals surface area contributed by atoms with Crippen LogP contribution in [0, 0.1) is 23.7 Å². The van der Waals surface area contributed by atoms with Crippen LogP contribution in [0.2, 0.25) is 0 Å². The van der Waals surface area contributed by atoms with Crippen LogP contribution >= 0.6 is 12.4 Å². The third-order valence-electron chi connectivity index (χ3n) is 7.29. The number of nitrogens with two attached hydrogens (primary N) is 1. The van der Waals surface area contributed by atoms with Crippen molar-refractivity contribution < 1.29 is 4.79 Å². The lowest BCUT2D eigenvalue weighted by Crippen LogP contribution is -2.51. The molecule has 0 aromatic carbocycles. The maximum Gasteiger partial charge on any atom is 0.225 e. The Hall–Kier alpha value is -0.280. The predicted octanol–water partition coefficient (Wildman–Crippen LogP) is 3.74. The zero-order chi connectivity index (χ0) is 15.1. The molecule has 1 heterocycles. The average Bonchev–Trinajstić information content (AvgIpc) is 3.17. The molecule has 0 aromatic rings. The van der Waals surface area contributed by atoms with Crippen molar-refractivity contribution in [1.29, 1.82) is 0 Å². The van der Waals surface area contributed by atoms with E-state index < -0.39 is 0 Å². The number of fused-ring (bicyclic) bond motifs is 2. The maximum absolute atomic E-state index is 13.2. The molecule has 0 spiro atoms. The summed E-state index contributed by atoms with van der Waals surface area (Å²) in [5.74, 6) is 2.83. The smallest absolute Gasteiger partial charge is 0.225 e. The van der Waals surface area contributed by atoms with Gasteiger partial charge in [-0.2, -0.15) is 0 Å². The Morgan fingerprint density at radius 1 is 0.826 bits per heavy atom. The number of hydrogen-bond acceptors (Lipinski definition) is 2. The quantitative estimate of drug-likeness (QED) is 0.832. The fourth-order valence-electron chi connectivity index (χ4n) is 6.12. The summed E-state index contributed by atoms with van der Waals surface area (Å²) in [5.41, 5.74) is 6.40. The van der Waals surface area contributed by atoms with Gasteiger partial charge in [-0.3, -0.25) is 4.79 Å². The van der Waals surface area contributed by atoms with Gasteiger partial charge in [0.05, 0.1) is 0 Å². The van der Waals surface area contributed by atoms with E-state index in [0.29, 0.717) is 29.8 Å². The van der Waals surface area contributed by atoms with Crippen LogP contribution in [0.4, 0.5) is 0 Å². The van der Waals surface area contributed by atoms with Crippen molar-refractivity contribution in [3.05, 3.63) is 0 Å². The van der Waals surface area contributed by atoms with Crippen molar-refractivity contribution in [3.63, 3.8) is 0 Å². The van der Waals surface area contributed by atoms with Gasteiger partial charge in [-0.15, -0.1) is 12.4 Å². The minimum Gasteiger partial charge on any atom is -0.339 e. The Labute approximate surface area is 147 Å². The van der Waals surface area contributed by atoms with E-state index in [1.54, 1.807) is 0 Å². The fourth-order valence-corrected chi connectivity index (χ4v) is 6.12. The van der Waals surface area contributed by atoms with E-state index in [1.807, 2.05) is 0 Å². The second-order valence-electron chi connectivity index (χ2n) is 8.48. The summed E-state index contributed by atoms with van der Waals surface area (Å²) in [6.07, 6.45) is 14.0. The van der Waals surface area contributed by atoms with Crippen molar-refractivity contribution >= 4 is 18.3 Å². The molecule has 2 N–H and O–H groups in total. The monoisotopic (exact) mass is 340 g/mol. The zero-order valence-corrected chi connectivity index (χ0v) is 15.1. The summed E-state index contributed by atoms with van der Waals surface area (Å²) in [6, 6.07) is 0.951. The number of amides is 1. The number of carbonyl (C=O) groups excluding carboxylic acids is 1. The van der Waals surface area contributed by atoms with Crippen molar-refractivity contribution in [2.75, 3.05) is 6.54 Å². The van der Waals surface area contributed by atoms with Gasteiger partial charge in [0.2, 0.25) is 5.91 Å². The van der Waals surface area contributed by atoms with E-state index in [-0.39, 0.29) is 18.3 Å². The Balaban J connectivity index is 0.00000156. The molecule has 0 radical (unpaired) electrons. The minimum absolute atomic E-state index is 0. The second kappa shape index (κ2) is 7.31. The molecule has 1 saturated heterocycles. The first-order chi connectivity index (χ1) is 10.7. The number of nitrogens with zero attached hydrogens (tertiary/aromatic N) is 1. The van der Waals surface area contributed by atoms with Crippen molar-refractivity contribution in [2.24, 2.45) is 29.4 Å². The lowest BCUT2D eigenvalue weighted by molar-refractivity contribution is -0.140. The van der Waals surface area contributed by atoms with E-state index in [2.05, 4.69) is 4.90 Å². The summed E-state index contributed by atoms with van der Waals surface area (Å²) < 4.78 is 0. The van der Waals surface area contributed by atoms with Gasteiger partial charge in [0, 0.05) is 24.5 Å². The third kappa shape index (κ3) is 3.28. The second-order valence-corrected chi connectivity index (χ2v) is 8.48. The number of hydrogen-bond donors (Lipinski definition) is 1. The van der Waals surface area contributed by atoms with E-state index in [1.165, 1.54) is 57.8 Å². The van der Waals surface area contributed by atoms with Gasteiger partial charge in [-0.1, -0.05) is 19.3 Å². The molecule has 3 nitrogen and oxygen atoms in total. The third-order valence-corrected chi connectivity index (χ3v) is 7.29. The standard InChI is InChI=1S/C19H32N2O.ClH/c20-18-14-7-3-8-15(18)12-16(11-14)19(22)21-10-4-9-17(21)13-5-1-2-6-13;/h13-18H,1-12,20H2;1H. The summed E-state index contributed by atoms with van der Waals surface area (Å²) in [4.78, 5) is 15.5. The van der Waals surface area contributed by atoms with Crippen LogP contribution in [0.25, 0.3) is 0 Å². The molecule has 3 atom stereocenters. The Morgan fingerprint density at radius 3 is 2.09 bits per heavy atom. The van der Waals surface area contributed by atoms with Crippen molar-refractivity contribution in [1.82, 2.24) is 4.90 Å². The molecular formula is C19H33ClN2O. The van der Waals surface area contributed by atoms with Crippen LogP contribution in [0.3, 0.4) is 0 Å². The first kappa shape index (κ1) is 17.5. The summed E-state index contributed by atoms with van der Waals surface area (Å²) in [6.45, 7) is 1.03. The Morgan fingerprint density at radius 2 is 1.43 bits per heavy atom. The Kier molecular flexibility index (Phi) is 5.57. The van der Waals surface area contributed by atoms with Crippen LogP contribution in [0.1, 0.15) is 70.6 Å². The lowest BCUT2D eigenvalue weighted by Gasteiger charge is -2.45. The van der Waals surface area contributed by atoms with E-state index in [4.69, 9.17) is 5.73 Å². The van der Waals surface area contributed by atoms with Gasteiger partial charge >= 0.3 is 0 Å². The van der Waals surface area contributed by atoms with Crippen molar-refractivity contribution in [2.45, 2.75) is 82.7 Å². The van der Waals surface area contributed by atoms with Crippen LogP contribution < -0.4 is 5.73 Å². The van der Waals surface area contributed by atoms with Gasteiger partial charge in [0.25, 0.3) is 0 Å². The topological polar surface area (TPSA) is 46.3 Å². The highest BCUT2D eigenvalue weighted by atomic mass is 35.5. The maximum atomic E-state index is 13.2. The van der Waals surface area contributed by atoms with Crippen LogP contribution in [-0.2, 0) is 4.79 Å². The SMILES string of the molecule is Cl.NC1C2CCCC1CC(C(=O)N1CCCC1C1CCCC1)C2. The highest BCUT2D eigenvalue weighted by molar-refractivity contribution is 5.85. The molecule has 0 aromatic heterocycles. The van der Waals surface area contributed by atoms with E-state index in [0.717, 1.165) is 25.3 Å². The first-order valence-corrected chi connectivity index (χ1v) is 9.80. The molecule has 1 amide bonds. The van der Waals surface area contributed by atoms with E-state index in [9.17, 15) is 4.79 Å². The minimum atomic E-state index is 0. The highest BCUT2D eigenvalue weighted by Gasteiger charge is 2.44. The van der Waals surface area contributed by atoms with Crippen LogP contribution in [-0.4, -0.2) is 29.4 Å². The average molecular weight is 341 g/mol. The molecule has 4 heteroatoms.